The van der Waals surface area contributed by atoms with Gasteiger partial charge >= 0.3 is 12.1 Å². The molecule has 32 heavy (non-hydrogen) atoms. The molecule has 9 heteroatoms. The van der Waals surface area contributed by atoms with E-state index in [-0.39, 0.29) is 36.9 Å². The summed E-state index contributed by atoms with van der Waals surface area (Å²) in [5, 5.41) is 0. The second kappa shape index (κ2) is 8.01. The summed E-state index contributed by atoms with van der Waals surface area (Å²) in [5.41, 5.74) is -1.05. The van der Waals surface area contributed by atoms with Gasteiger partial charge in [-0.25, -0.2) is 0 Å². The topological polar surface area (TPSA) is 68.7 Å². The molecule has 1 amide bonds. The van der Waals surface area contributed by atoms with Crippen LogP contribution in [0.5, 0.6) is 0 Å². The largest absolute Gasteiger partial charge is 0.460 e. The fourth-order valence-electron chi connectivity index (χ4n) is 5.31. The van der Waals surface area contributed by atoms with Crippen LogP contribution in [0.15, 0.2) is 12.3 Å². The van der Waals surface area contributed by atoms with Gasteiger partial charge in [0.15, 0.2) is 0 Å². The second-order valence-corrected chi connectivity index (χ2v) is 10.2. The van der Waals surface area contributed by atoms with E-state index in [1.54, 1.807) is 4.90 Å². The van der Waals surface area contributed by atoms with Gasteiger partial charge in [-0.15, -0.1) is 0 Å². The Labute approximate surface area is 185 Å². The van der Waals surface area contributed by atoms with E-state index in [0.717, 1.165) is 12.3 Å². The fraction of sp³-hybridized carbons (Fsp3) is 0.696. The number of amides is 1. The van der Waals surface area contributed by atoms with Crippen molar-refractivity contribution < 1.29 is 32.2 Å². The lowest BCUT2D eigenvalue weighted by atomic mass is 9.79. The van der Waals surface area contributed by atoms with Crippen molar-refractivity contribution in [1.29, 1.82) is 0 Å². The summed E-state index contributed by atoms with van der Waals surface area (Å²) < 4.78 is 50.6. The number of nitrogens with zero attached hydrogens (tertiary/aromatic N) is 2. The number of aromatic nitrogens is 1. The monoisotopic (exact) mass is 454 g/mol. The van der Waals surface area contributed by atoms with Crippen molar-refractivity contribution in [3.63, 3.8) is 0 Å². The molecule has 6 nitrogen and oxygen atoms in total. The molecule has 2 fully saturated rings. The zero-order valence-corrected chi connectivity index (χ0v) is 18.6. The highest BCUT2D eigenvalue weighted by Crippen LogP contribution is 2.52. The van der Waals surface area contributed by atoms with Crippen LogP contribution in [-0.2, 0) is 38.2 Å². The minimum absolute atomic E-state index is 0.0188. The molecule has 3 atom stereocenters. The van der Waals surface area contributed by atoms with Crippen molar-refractivity contribution in [1.82, 2.24) is 9.88 Å². The van der Waals surface area contributed by atoms with Gasteiger partial charge in [-0.2, -0.15) is 13.2 Å². The molecule has 1 aromatic rings. The SMILES string of the molecule is CC(C)(C)OC(=O)CC1C[C@H]2OCC[C@@]2(C(=O)N2CCc3ncc(C(F)(F)F)cc3C2)C1. The van der Waals surface area contributed by atoms with Crippen LogP contribution < -0.4 is 0 Å². The Morgan fingerprint density at radius 2 is 2.06 bits per heavy atom. The molecule has 1 aromatic heterocycles. The Kier molecular flexibility index (Phi) is 5.76. The van der Waals surface area contributed by atoms with Gasteiger partial charge in [0.25, 0.3) is 0 Å². The molecule has 4 rings (SSSR count). The van der Waals surface area contributed by atoms with E-state index in [0.29, 0.717) is 50.1 Å². The molecule has 1 saturated heterocycles. The minimum Gasteiger partial charge on any atom is -0.460 e. The standard InChI is InChI=1S/C23H29F3N2O4/c1-21(2,3)32-19(29)9-14-8-18-22(11-14,5-7-31-18)20(30)28-6-4-17-15(13-28)10-16(12-27-17)23(24,25)26/h10,12,14,18H,4-9,11,13H2,1-3H3/t14?,18-,22-/m1/s1. The third-order valence-electron chi connectivity index (χ3n) is 6.64. The maximum Gasteiger partial charge on any atom is 0.417 e. The van der Waals surface area contributed by atoms with Crippen molar-refractivity contribution in [3.8, 4) is 0 Å². The average molecular weight is 454 g/mol. The minimum atomic E-state index is -4.47. The summed E-state index contributed by atoms with van der Waals surface area (Å²) in [6, 6.07) is 1.10. The van der Waals surface area contributed by atoms with Crippen molar-refractivity contribution >= 4 is 11.9 Å². The maximum atomic E-state index is 13.6. The summed E-state index contributed by atoms with van der Waals surface area (Å²) >= 11 is 0. The molecule has 0 aromatic carbocycles. The first-order valence-electron chi connectivity index (χ1n) is 11.1. The number of rotatable bonds is 3. The molecular weight excluding hydrogens is 425 g/mol. The summed E-state index contributed by atoms with van der Waals surface area (Å²) in [6.07, 6.45) is -1.55. The lowest BCUT2D eigenvalue weighted by molar-refractivity contribution is -0.156. The van der Waals surface area contributed by atoms with E-state index in [2.05, 4.69) is 4.98 Å². The number of hydrogen-bond donors (Lipinski definition) is 0. The molecular formula is C23H29F3N2O4. The average Bonchev–Trinajstić information content (AvgIpc) is 3.22. The van der Waals surface area contributed by atoms with Crippen LogP contribution in [0, 0.1) is 11.3 Å². The number of hydrogen-bond acceptors (Lipinski definition) is 5. The molecule has 0 spiro atoms. The zero-order chi connectivity index (χ0) is 23.3. The van der Waals surface area contributed by atoms with Crippen LogP contribution in [0.2, 0.25) is 0 Å². The van der Waals surface area contributed by atoms with Gasteiger partial charge in [-0.1, -0.05) is 0 Å². The number of carbonyl (C=O) groups is 2. The number of alkyl halides is 3. The van der Waals surface area contributed by atoms with Crippen LogP contribution in [-0.4, -0.2) is 46.6 Å². The van der Waals surface area contributed by atoms with Crippen LogP contribution in [0.4, 0.5) is 13.2 Å². The van der Waals surface area contributed by atoms with Crippen LogP contribution >= 0.6 is 0 Å². The van der Waals surface area contributed by atoms with Crippen molar-refractivity contribution in [2.75, 3.05) is 13.2 Å². The van der Waals surface area contributed by atoms with Crippen LogP contribution in [0.3, 0.4) is 0 Å². The summed E-state index contributed by atoms with van der Waals surface area (Å²) in [5.74, 6) is -0.396. The summed E-state index contributed by atoms with van der Waals surface area (Å²) in [7, 11) is 0. The highest BCUT2D eigenvalue weighted by molar-refractivity contribution is 5.84. The lowest BCUT2D eigenvalue weighted by Crippen LogP contribution is -2.48. The number of ether oxygens (including phenoxy) is 2. The Bertz CT molecular complexity index is 911. The molecule has 1 saturated carbocycles. The number of pyridine rings is 1. The first-order valence-corrected chi connectivity index (χ1v) is 11.1. The molecule has 3 aliphatic rings. The van der Waals surface area contributed by atoms with Gasteiger partial charge in [0.1, 0.15) is 5.60 Å². The van der Waals surface area contributed by atoms with E-state index in [1.807, 2.05) is 20.8 Å². The van der Waals surface area contributed by atoms with Crippen molar-refractivity contribution in [3.05, 3.63) is 29.1 Å². The molecule has 2 aliphatic heterocycles. The molecule has 176 valence electrons. The Morgan fingerprint density at radius 1 is 1.31 bits per heavy atom. The van der Waals surface area contributed by atoms with Gasteiger partial charge in [0, 0.05) is 44.4 Å². The third-order valence-corrected chi connectivity index (χ3v) is 6.64. The lowest BCUT2D eigenvalue weighted by Gasteiger charge is -2.36. The van der Waals surface area contributed by atoms with E-state index < -0.39 is 22.8 Å². The number of halogens is 3. The predicted molar refractivity (Wildman–Crippen MR) is 108 cm³/mol. The van der Waals surface area contributed by atoms with E-state index in [4.69, 9.17) is 9.47 Å². The molecule has 0 N–H and O–H groups in total. The maximum absolute atomic E-state index is 13.6. The fourth-order valence-corrected chi connectivity index (χ4v) is 5.31. The molecule has 0 radical (unpaired) electrons. The van der Waals surface area contributed by atoms with E-state index >= 15 is 0 Å². The van der Waals surface area contributed by atoms with E-state index in [9.17, 15) is 22.8 Å². The zero-order valence-electron chi connectivity index (χ0n) is 18.6. The van der Waals surface area contributed by atoms with Gasteiger partial charge in [0.2, 0.25) is 5.91 Å². The first kappa shape index (κ1) is 23.0. The summed E-state index contributed by atoms with van der Waals surface area (Å²) in [4.78, 5) is 31.6. The normalized spacial score (nSPS) is 27.8. The second-order valence-electron chi connectivity index (χ2n) is 10.2. The quantitative estimate of drug-likeness (QED) is 0.648. The molecule has 0 bridgehead atoms. The molecule has 3 heterocycles. The van der Waals surface area contributed by atoms with Crippen LogP contribution in [0.1, 0.15) is 63.3 Å². The first-order chi connectivity index (χ1) is 14.9. The van der Waals surface area contributed by atoms with E-state index in [1.165, 1.54) is 0 Å². The number of carbonyl (C=O) groups excluding carboxylic acids is 2. The smallest absolute Gasteiger partial charge is 0.417 e. The van der Waals surface area contributed by atoms with Crippen LogP contribution in [0.25, 0.3) is 0 Å². The van der Waals surface area contributed by atoms with Gasteiger partial charge < -0.3 is 14.4 Å². The Hall–Kier alpha value is -2.16. The molecule has 1 unspecified atom stereocenters. The summed E-state index contributed by atoms with van der Waals surface area (Å²) in [6.45, 7) is 6.44. The molecule has 1 aliphatic carbocycles. The Morgan fingerprint density at radius 3 is 2.75 bits per heavy atom. The highest BCUT2D eigenvalue weighted by Gasteiger charge is 2.57. The van der Waals surface area contributed by atoms with Gasteiger partial charge in [-0.3, -0.25) is 14.6 Å². The third kappa shape index (κ3) is 4.49. The number of esters is 1. The van der Waals surface area contributed by atoms with Gasteiger partial charge in [-0.05, 0) is 57.6 Å². The highest BCUT2D eigenvalue weighted by atomic mass is 19.4. The number of fused-ring (bicyclic) bond motifs is 2. The van der Waals surface area contributed by atoms with Crippen molar-refractivity contribution in [2.24, 2.45) is 11.3 Å². The van der Waals surface area contributed by atoms with Gasteiger partial charge in [0.05, 0.1) is 17.1 Å². The Balaban J connectivity index is 1.48. The predicted octanol–water partition coefficient (Wildman–Crippen LogP) is 3.90. The van der Waals surface area contributed by atoms with Crippen molar-refractivity contribution in [2.45, 2.75) is 77.3 Å².